The number of nitrogens with zero attached hydrogens (tertiary/aromatic N) is 3. The first kappa shape index (κ1) is 16.2. The second-order valence-corrected chi connectivity index (χ2v) is 5.72. The smallest absolute Gasteiger partial charge is 0.277 e. The summed E-state index contributed by atoms with van der Waals surface area (Å²) in [6.07, 6.45) is 2.77. The zero-order valence-electron chi connectivity index (χ0n) is 12.4. The highest BCUT2D eigenvalue weighted by Gasteiger charge is 2.11. The fraction of sp³-hybridized carbons (Fsp3) is 0.0667. The van der Waals surface area contributed by atoms with E-state index in [0.717, 1.165) is 0 Å². The molecule has 2 aromatic heterocycles. The van der Waals surface area contributed by atoms with Crippen molar-refractivity contribution in [2.24, 2.45) is 0 Å². The van der Waals surface area contributed by atoms with Crippen molar-refractivity contribution >= 4 is 46.4 Å². The van der Waals surface area contributed by atoms with Gasteiger partial charge in [-0.3, -0.25) is 4.79 Å². The van der Waals surface area contributed by atoms with Crippen molar-refractivity contribution in [2.45, 2.75) is 6.92 Å². The summed E-state index contributed by atoms with van der Waals surface area (Å²) in [5.74, 6) is 0.918. The Morgan fingerprint density at radius 1 is 1.04 bits per heavy atom. The van der Waals surface area contributed by atoms with Crippen molar-refractivity contribution < 1.29 is 9.32 Å². The minimum atomic E-state index is -0.437. The van der Waals surface area contributed by atoms with E-state index in [1.165, 1.54) is 12.4 Å². The van der Waals surface area contributed by atoms with Crippen LogP contribution in [-0.2, 0) is 0 Å². The summed E-state index contributed by atoms with van der Waals surface area (Å²) < 4.78 is 4.87. The van der Waals surface area contributed by atoms with Crippen LogP contribution < -0.4 is 10.6 Å². The summed E-state index contributed by atoms with van der Waals surface area (Å²) >= 11 is 11.9. The highest BCUT2D eigenvalue weighted by molar-refractivity contribution is 6.35. The zero-order chi connectivity index (χ0) is 17.1. The van der Waals surface area contributed by atoms with E-state index < -0.39 is 5.91 Å². The molecular formula is C15H11Cl2N5O2. The molecule has 2 heterocycles. The number of benzene rings is 1. The van der Waals surface area contributed by atoms with Gasteiger partial charge < -0.3 is 15.2 Å². The molecule has 122 valence electrons. The predicted octanol–water partition coefficient (Wildman–Crippen LogP) is 4.08. The Labute approximate surface area is 147 Å². The van der Waals surface area contributed by atoms with E-state index in [4.69, 9.17) is 27.7 Å². The summed E-state index contributed by atoms with van der Waals surface area (Å²) in [7, 11) is 0. The largest absolute Gasteiger partial charge is 0.360 e. The number of aromatic nitrogens is 3. The molecule has 0 aliphatic rings. The normalized spacial score (nSPS) is 10.5. The number of hydrogen-bond acceptors (Lipinski definition) is 6. The Bertz CT molecular complexity index is 860. The topological polar surface area (TPSA) is 92.9 Å². The van der Waals surface area contributed by atoms with Crippen LogP contribution in [0.1, 0.15) is 16.2 Å². The van der Waals surface area contributed by atoms with E-state index in [9.17, 15) is 4.79 Å². The summed E-state index contributed by atoms with van der Waals surface area (Å²) in [5, 5.41) is 10.2. The first-order valence-electron chi connectivity index (χ1n) is 6.79. The van der Waals surface area contributed by atoms with Crippen LogP contribution >= 0.6 is 23.2 Å². The van der Waals surface area contributed by atoms with E-state index in [0.29, 0.717) is 33.1 Å². The summed E-state index contributed by atoms with van der Waals surface area (Å²) in [6.45, 7) is 1.73. The van der Waals surface area contributed by atoms with Crippen LogP contribution in [0.3, 0.4) is 0 Å². The number of aryl methyl sites for hydroxylation is 1. The van der Waals surface area contributed by atoms with E-state index >= 15 is 0 Å². The van der Waals surface area contributed by atoms with Gasteiger partial charge in [0.1, 0.15) is 17.3 Å². The van der Waals surface area contributed by atoms with E-state index in [2.05, 4.69) is 25.8 Å². The Hall–Kier alpha value is -2.64. The maximum Gasteiger partial charge on any atom is 0.277 e. The first-order chi connectivity index (χ1) is 11.5. The summed E-state index contributed by atoms with van der Waals surface area (Å²) in [5.41, 5.74) is 0.808. The molecule has 0 aliphatic carbocycles. The molecule has 0 aliphatic heterocycles. The average molecular weight is 364 g/mol. The number of anilines is 3. The van der Waals surface area contributed by atoms with Gasteiger partial charge in [0, 0.05) is 21.8 Å². The van der Waals surface area contributed by atoms with Crippen LogP contribution in [0.4, 0.5) is 17.3 Å². The molecule has 0 fully saturated rings. The second-order valence-electron chi connectivity index (χ2n) is 4.85. The molecule has 0 saturated carbocycles. The standard InChI is InChI=1S/C15H11Cl2N5O2/c1-8-2-13(22-24-8)21-15(23)12-6-19-14(7-18-12)20-11-4-9(16)3-10(17)5-11/h2-7H,1H3,(H,19,20)(H,21,22,23). The van der Waals surface area contributed by atoms with Gasteiger partial charge in [0.15, 0.2) is 5.82 Å². The van der Waals surface area contributed by atoms with Gasteiger partial charge in [0.2, 0.25) is 0 Å². The van der Waals surface area contributed by atoms with Crippen LogP contribution in [0.5, 0.6) is 0 Å². The van der Waals surface area contributed by atoms with E-state index in [1.54, 1.807) is 31.2 Å². The molecule has 7 nitrogen and oxygen atoms in total. The lowest BCUT2D eigenvalue weighted by atomic mass is 10.3. The quantitative estimate of drug-likeness (QED) is 0.725. The van der Waals surface area contributed by atoms with Gasteiger partial charge >= 0.3 is 0 Å². The molecule has 0 spiro atoms. The molecule has 1 amide bonds. The number of rotatable bonds is 4. The Kier molecular flexibility index (Phi) is 4.64. The molecule has 9 heteroatoms. The number of nitrogens with one attached hydrogen (secondary N) is 2. The van der Waals surface area contributed by atoms with Crippen molar-refractivity contribution in [3.8, 4) is 0 Å². The Balaban J connectivity index is 1.69. The molecular weight excluding hydrogens is 353 g/mol. The molecule has 24 heavy (non-hydrogen) atoms. The molecule has 0 saturated heterocycles. The molecule has 2 N–H and O–H groups in total. The van der Waals surface area contributed by atoms with Crippen LogP contribution in [-0.4, -0.2) is 21.0 Å². The van der Waals surface area contributed by atoms with Crippen molar-refractivity contribution in [3.05, 3.63) is 58.2 Å². The van der Waals surface area contributed by atoms with Crippen LogP contribution in [0, 0.1) is 6.92 Å². The van der Waals surface area contributed by atoms with Crippen LogP contribution in [0.15, 0.2) is 41.2 Å². The third kappa shape index (κ3) is 4.01. The fourth-order valence-electron chi connectivity index (χ4n) is 1.89. The minimum Gasteiger partial charge on any atom is -0.360 e. The van der Waals surface area contributed by atoms with Crippen molar-refractivity contribution in [3.63, 3.8) is 0 Å². The van der Waals surface area contributed by atoms with Gasteiger partial charge in [-0.05, 0) is 25.1 Å². The monoisotopic (exact) mass is 363 g/mol. The third-order valence-corrected chi connectivity index (χ3v) is 3.33. The fourth-order valence-corrected chi connectivity index (χ4v) is 2.42. The Morgan fingerprint density at radius 3 is 2.38 bits per heavy atom. The lowest BCUT2D eigenvalue weighted by Crippen LogP contribution is -2.14. The SMILES string of the molecule is Cc1cc(NC(=O)c2cnc(Nc3cc(Cl)cc(Cl)c3)cn2)no1. The van der Waals surface area contributed by atoms with Gasteiger partial charge in [-0.2, -0.15) is 0 Å². The maximum absolute atomic E-state index is 12.0. The van der Waals surface area contributed by atoms with Crippen LogP contribution in [0.2, 0.25) is 10.0 Å². The predicted molar refractivity (Wildman–Crippen MR) is 91.0 cm³/mol. The Morgan fingerprint density at radius 2 is 1.79 bits per heavy atom. The van der Waals surface area contributed by atoms with E-state index in [1.807, 2.05) is 0 Å². The third-order valence-electron chi connectivity index (χ3n) is 2.89. The molecule has 3 rings (SSSR count). The lowest BCUT2D eigenvalue weighted by Gasteiger charge is -2.07. The maximum atomic E-state index is 12.0. The number of halogens is 2. The van der Waals surface area contributed by atoms with Gasteiger partial charge in [-0.15, -0.1) is 0 Å². The number of amides is 1. The first-order valence-corrected chi connectivity index (χ1v) is 7.55. The van der Waals surface area contributed by atoms with Crippen molar-refractivity contribution in [1.82, 2.24) is 15.1 Å². The molecule has 3 aromatic rings. The molecule has 0 atom stereocenters. The molecule has 0 radical (unpaired) electrons. The van der Waals surface area contributed by atoms with Gasteiger partial charge in [0.25, 0.3) is 5.91 Å². The van der Waals surface area contributed by atoms with Gasteiger partial charge in [-0.25, -0.2) is 9.97 Å². The van der Waals surface area contributed by atoms with Crippen molar-refractivity contribution in [2.75, 3.05) is 10.6 Å². The summed E-state index contributed by atoms with van der Waals surface area (Å²) in [4.78, 5) is 20.2. The number of carbonyl (C=O) groups excluding carboxylic acids is 1. The lowest BCUT2D eigenvalue weighted by molar-refractivity contribution is 0.102. The van der Waals surface area contributed by atoms with Gasteiger partial charge in [0.05, 0.1) is 12.4 Å². The van der Waals surface area contributed by atoms with Gasteiger partial charge in [-0.1, -0.05) is 28.4 Å². The highest BCUT2D eigenvalue weighted by atomic mass is 35.5. The van der Waals surface area contributed by atoms with Crippen molar-refractivity contribution in [1.29, 1.82) is 0 Å². The highest BCUT2D eigenvalue weighted by Crippen LogP contribution is 2.24. The number of hydrogen-bond donors (Lipinski definition) is 2. The minimum absolute atomic E-state index is 0.144. The zero-order valence-corrected chi connectivity index (χ0v) is 13.9. The second kappa shape index (κ2) is 6.86. The summed E-state index contributed by atoms with van der Waals surface area (Å²) in [6, 6.07) is 6.62. The molecule has 0 unspecified atom stereocenters. The molecule has 0 bridgehead atoms. The van der Waals surface area contributed by atoms with Crippen LogP contribution in [0.25, 0.3) is 0 Å². The average Bonchev–Trinajstić information content (AvgIpc) is 2.92. The number of carbonyl (C=O) groups is 1. The van der Waals surface area contributed by atoms with E-state index in [-0.39, 0.29) is 5.69 Å². The molecule has 1 aromatic carbocycles.